The Bertz CT molecular complexity index is 259. The molecule has 0 aliphatic rings. The molecule has 0 saturated carbocycles. The van der Waals surface area contributed by atoms with Crippen LogP contribution in [0.1, 0.15) is 58.3 Å². The molecule has 0 radical (unpaired) electrons. The number of hydrogen-bond donors (Lipinski definition) is 1. The molecule has 0 bridgehead atoms. The first kappa shape index (κ1) is 18.2. The van der Waals surface area contributed by atoms with Gasteiger partial charge in [-0.3, -0.25) is 0 Å². The number of carbonyl (C=O) groups is 1. The van der Waals surface area contributed by atoms with Gasteiger partial charge >= 0.3 is 5.97 Å². The molecule has 0 rings (SSSR count). The summed E-state index contributed by atoms with van der Waals surface area (Å²) in [6.07, 6.45) is 14.5. The Hall–Kier alpha value is -0.830. The molecule has 0 aliphatic heterocycles. The van der Waals surface area contributed by atoms with Crippen LogP contribution in [0.15, 0.2) is 12.2 Å². The minimum Gasteiger partial charge on any atom is -0.477 e. The fraction of sp³-hybridized carbons (Fsp3) is 0.812. The van der Waals surface area contributed by atoms with E-state index >= 15 is 0 Å². The molecule has 19 heavy (non-hydrogen) atoms. The number of hydrogen-bond acceptors (Lipinski definition) is 1. The van der Waals surface area contributed by atoms with E-state index in [1.54, 1.807) is 0 Å². The first-order chi connectivity index (χ1) is 8.98. The Morgan fingerprint density at radius 1 is 1.00 bits per heavy atom. The number of nitrogens with zero attached hydrogens (tertiary/aromatic N) is 1. The van der Waals surface area contributed by atoms with Crippen LogP contribution in [0.5, 0.6) is 0 Å². The van der Waals surface area contributed by atoms with Crippen LogP contribution in [0.3, 0.4) is 0 Å². The van der Waals surface area contributed by atoms with E-state index in [1.807, 2.05) is 14.1 Å². The van der Waals surface area contributed by atoms with Gasteiger partial charge in [0, 0.05) is 0 Å². The normalized spacial score (nSPS) is 12.2. The van der Waals surface area contributed by atoms with Gasteiger partial charge in [0.15, 0.2) is 6.54 Å². The highest BCUT2D eigenvalue weighted by Gasteiger charge is 2.18. The van der Waals surface area contributed by atoms with Crippen LogP contribution in [0.4, 0.5) is 0 Å². The van der Waals surface area contributed by atoms with Crippen molar-refractivity contribution in [2.75, 3.05) is 27.2 Å². The molecule has 0 aromatic rings. The lowest BCUT2D eigenvalue weighted by Gasteiger charge is -2.27. The quantitative estimate of drug-likeness (QED) is 0.332. The lowest BCUT2D eigenvalue weighted by molar-refractivity contribution is -0.883. The summed E-state index contributed by atoms with van der Waals surface area (Å²) in [6.45, 7) is 3.36. The first-order valence-electron chi connectivity index (χ1n) is 7.67. The molecule has 0 unspecified atom stereocenters. The Balaban J connectivity index is 3.35. The van der Waals surface area contributed by atoms with Gasteiger partial charge in [-0.1, -0.05) is 38.3 Å². The Kier molecular flexibility index (Phi) is 10.6. The van der Waals surface area contributed by atoms with E-state index in [2.05, 4.69) is 19.1 Å². The van der Waals surface area contributed by atoms with Crippen molar-refractivity contribution in [3.8, 4) is 0 Å². The van der Waals surface area contributed by atoms with Gasteiger partial charge in [-0.05, 0) is 32.1 Å². The highest BCUT2D eigenvalue weighted by Crippen LogP contribution is 2.09. The van der Waals surface area contributed by atoms with Crippen molar-refractivity contribution in [2.45, 2.75) is 58.3 Å². The number of quaternary nitrogens is 1. The van der Waals surface area contributed by atoms with Crippen molar-refractivity contribution in [2.24, 2.45) is 0 Å². The van der Waals surface area contributed by atoms with Crippen molar-refractivity contribution in [1.29, 1.82) is 0 Å². The van der Waals surface area contributed by atoms with Crippen LogP contribution in [-0.4, -0.2) is 42.7 Å². The van der Waals surface area contributed by atoms with Crippen LogP contribution in [-0.2, 0) is 4.79 Å². The maximum absolute atomic E-state index is 10.7. The van der Waals surface area contributed by atoms with E-state index in [9.17, 15) is 4.79 Å². The third kappa shape index (κ3) is 13.4. The monoisotopic (exact) mass is 270 g/mol. The molecule has 0 aromatic carbocycles. The summed E-state index contributed by atoms with van der Waals surface area (Å²) in [7, 11) is 3.99. The fourth-order valence-electron chi connectivity index (χ4n) is 2.24. The second kappa shape index (κ2) is 11.0. The van der Waals surface area contributed by atoms with Gasteiger partial charge in [0.2, 0.25) is 0 Å². The largest absolute Gasteiger partial charge is 0.477 e. The van der Waals surface area contributed by atoms with Gasteiger partial charge in [-0.25, -0.2) is 4.79 Å². The van der Waals surface area contributed by atoms with E-state index < -0.39 is 5.97 Å². The van der Waals surface area contributed by atoms with Crippen LogP contribution in [0.25, 0.3) is 0 Å². The van der Waals surface area contributed by atoms with E-state index in [1.165, 1.54) is 38.5 Å². The number of carboxylic acids is 1. The zero-order valence-corrected chi connectivity index (χ0v) is 13.0. The summed E-state index contributed by atoms with van der Waals surface area (Å²) in [4.78, 5) is 10.7. The van der Waals surface area contributed by atoms with Gasteiger partial charge in [0.05, 0.1) is 20.6 Å². The summed E-state index contributed by atoms with van der Waals surface area (Å²) in [5.41, 5.74) is 0. The van der Waals surface area contributed by atoms with Gasteiger partial charge in [-0.15, -0.1) is 0 Å². The lowest BCUT2D eigenvalue weighted by atomic mass is 10.1. The molecule has 0 amide bonds. The maximum atomic E-state index is 10.7. The Morgan fingerprint density at radius 2 is 1.58 bits per heavy atom. The second-order valence-electron chi connectivity index (χ2n) is 6.00. The summed E-state index contributed by atoms with van der Waals surface area (Å²) < 4.78 is 0.594. The molecule has 3 nitrogen and oxygen atoms in total. The smallest absolute Gasteiger partial charge is 0.359 e. The van der Waals surface area contributed by atoms with Crippen LogP contribution >= 0.6 is 0 Å². The molecule has 0 spiro atoms. The molecule has 0 atom stereocenters. The van der Waals surface area contributed by atoms with Gasteiger partial charge < -0.3 is 9.59 Å². The average Bonchev–Trinajstić information content (AvgIpc) is 2.30. The van der Waals surface area contributed by atoms with Gasteiger partial charge in [-0.2, -0.15) is 0 Å². The molecular formula is C16H32NO2+. The minimum absolute atomic E-state index is 0.226. The summed E-state index contributed by atoms with van der Waals surface area (Å²) >= 11 is 0. The molecule has 0 heterocycles. The summed E-state index contributed by atoms with van der Waals surface area (Å²) in [5, 5.41) is 8.79. The maximum Gasteiger partial charge on any atom is 0.359 e. The van der Waals surface area contributed by atoms with Crippen LogP contribution in [0.2, 0.25) is 0 Å². The van der Waals surface area contributed by atoms with E-state index in [0.29, 0.717) is 4.48 Å². The molecular weight excluding hydrogens is 238 g/mol. The molecule has 0 aromatic heterocycles. The first-order valence-corrected chi connectivity index (χ1v) is 7.67. The zero-order chi connectivity index (χ0) is 14.6. The Morgan fingerprint density at radius 3 is 2.16 bits per heavy atom. The predicted octanol–water partition coefficient (Wildman–Crippen LogP) is 3.84. The van der Waals surface area contributed by atoms with Crippen molar-refractivity contribution < 1.29 is 14.4 Å². The van der Waals surface area contributed by atoms with Gasteiger partial charge in [0.1, 0.15) is 0 Å². The fourth-order valence-corrected chi connectivity index (χ4v) is 2.24. The van der Waals surface area contributed by atoms with E-state index in [0.717, 1.165) is 19.4 Å². The predicted molar refractivity (Wildman–Crippen MR) is 81.2 cm³/mol. The summed E-state index contributed by atoms with van der Waals surface area (Å²) in [6, 6.07) is 0. The number of rotatable bonds is 12. The van der Waals surface area contributed by atoms with Crippen molar-refractivity contribution in [3.05, 3.63) is 12.2 Å². The van der Waals surface area contributed by atoms with Crippen molar-refractivity contribution in [3.63, 3.8) is 0 Å². The number of allylic oxidation sites excluding steroid dienone is 2. The molecule has 112 valence electrons. The van der Waals surface area contributed by atoms with Crippen LogP contribution < -0.4 is 0 Å². The third-order valence-electron chi connectivity index (χ3n) is 3.35. The van der Waals surface area contributed by atoms with Crippen LogP contribution in [0, 0.1) is 0 Å². The molecule has 1 N–H and O–H groups in total. The number of likely N-dealkylation sites (N-methyl/N-ethyl adjacent to an activating group) is 1. The number of carboxylic acid groups (broad SMARTS) is 1. The topological polar surface area (TPSA) is 37.3 Å². The van der Waals surface area contributed by atoms with Crippen molar-refractivity contribution in [1.82, 2.24) is 0 Å². The molecule has 0 saturated heterocycles. The van der Waals surface area contributed by atoms with E-state index in [-0.39, 0.29) is 6.54 Å². The minimum atomic E-state index is -0.704. The highest BCUT2D eigenvalue weighted by molar-refractivity contribution is 5.67. The van der Waals surface area contributed by atoms with Crippen molar-refractivity contribution >= 4 is 5.97 Å². The highest BCUT2D eigenvalue weighted by atomic mass is 16.4. The van der Waals surface area contributed by atoms with E-state index in [4.69, 9.17) is 5.11 Å². The SMILES string of the molecule is CC/C=C/CCCCCCCC[N+](C)(C)CC(=O)O. The third-order valence-corrected chi connectivity index (χ3v) is 3.35. The molecule has 0 fully saturated rings. The van der Waals surface area contributed by atoms with Gasteiger partial charge in [0.25, 0.3) is 0 Å². The molecule has 0 aliphatic carbocycles. The summed E-state index contributed by atoms with van der Waals surface area (Å²) in [5.74, 6) is -0.704. The second-order valence-corrected chi connectivity index (χ2v) is 6.00. The standard InChI is InChI=1S/C16H31NO2/c1-4-5-6-7-8-9-10-11-12-13-14-17(2,3)15-16(18)19/h5-6H,4,7-15H2,1-3H3/p+1/b6-5+. The zero-order valence-electron chi connectivity index (χ0n) is 13.0. The number of unbranched alkanes of at least 4 members (excludes halogenated alkanes) is 6. The number of aliphatic carboxylic acids is 1. The average molecular weight is 270 g/mol. The molecule has 3 heteroatoms. The Labute approximate surface area is 118 Å². The lowest BCUT2D eigenvalue weighted by Crippen LogP contribution is -2.44.